The van der Waals surface area contributed by atoms with Crippen molar-refractivity contribution in [1.29, 1.82) is 0 Å². The molecule has 0 unspecified atom stereocenters. The fourth-order valence-electron chi connectivity index (χ4n) is 4.90. The van der Waals surface area contributed by atoms with Crippen molar-refractivity contribution in [3.63, 3.8) is 0 Å². The van der Waals surface area contributed by atoms with Crippen LogP contribution < -0.4 is 0 Å². The summed E-state index contributed by atoms with van der Waals surface area (Å²) in [5, 5.41) is 71.0. The number of aliphatic hydroxyl groups is 4. The van der Waals surface area contributed by atoms with E-state index in [4.69, 9.17) is 28.4 Å². The summed E-state index contributed by atoms with van der Waals surface area (Å²) in [4.78, 5) is 24.6. The molecule has 2 aliphatic rings. The Bertz CT molecular complexity index is 1350. The van der Waals surface area contributed by atoms with Gasteiger partial charge in [-0.15, -0.1) is 0 Å². The molecule has 10 atom stereocenters. The quantitative estimate of drug-likeness (QED) is 0.0952. The van der Waals surface area contributed by atoms with Crippen molar-refractivity contribution in [2.24, 2.45) is 0 Å². The first-order chi connectivity index (χ1) is 21.8. The predicted molar refractivity (Wildman–Crippen MR) is 155 cm³/mol. The summed E-state index contributed by atoms with van der Waals surface area (Å²) >= 11 is 0. The molecule has 2 fully saturated rings. The van der Waals surface area contributed by atoms with E-state index in [1.165, 1.54) is 37.3 Å². The highest BCUT2D eigenvalue weighted by Gasteiger charge is 2.52. The van der Waals surface area contributed by atoms with Crippen LogP contribution in [0.15, 0.2) is 48.5 Å². The van der Waals surface area contributed by atoms with Gasteiger partial charge in [0.25, 0.3) is 0 Å². The number of esters is 2. The van der Waals surface area contributed by atoms with E-state index in [2.05, 4.69) is 0 Å². The second kappa shape index (κ2) is 15.7. The molecular formula is C31H38O15. The summed E-state index contributed by atoms with van der Waals surface area (Å²) in [5.74, 6) is -2.20. The fourth-order valence-corrected chi connectivity index (χ4v) is 4.90. The molecule has 0 aliphatic carbocycles. The first-order valence-electron chi connectivity index (χ1n) is 14.5. The van der Waals surface area contributed by atoms with Gasteiger partial charge in [-0.3, -0.25) is 4.79 Å². The fraction of sp³-hybridized carbons (Fsp3) is 0.484. The summed E-state index contributed by atoms with van der Waals surface area (Å²) in [5.41, 5.74) is 1.18. The van der Waals surface area contributed by atoms with E-state index in [0.717, 1.165) is 13.0 Å². The molecule has 4 rings (SSSR count). The molecule has 2 aromatic carbocycles. The largest absolute Gasteiger partial charge is 0.508 e. The summed E-state index contributed by atoms with van der Waals surface area (Å²) < 4.78 is 33.9. The number of aliphatic hydroxyl groups excluding tert-OH is 4. The van der Waals surface area contributed by atoms with E-state index in [1.807, 2.05) is 0 Å². The number of phenols is 3. The van der Waals surface area contributed by atoms with E-state index >= 15 is 0 Å². The number of carbonyl (C=O) groups excluding carboxylic acids is 2. The first-order valence-corrected chi connectivity index (χ1v) is 14.5. The summed E-state index contributed by atoms with van der Waals surface area (Å²) in [6, 6.07) is 10.2. The van der Waals surface area contributed by atoms with Crippen LogP contribution in [0, 0.1) is 0 Å². The molecule has 46 heavy (non-hydrogen) atoms. The Morgan fingerprint density at radius 2 is 1.57 bits per heavy atom. The maximum absolute atomic E-state index is 12.5. The van der Waals surface area contributed by atoms with E-state index in [-0.39, 0.29) is 30.3 Å². The molecule has 0 bridgehead atoms. The summed E-state index contributed by atoms with van der Waals surface area (Å²) in [6.45, 7) is 1.93. The van der Waals surface area contributed by atoms with Crippen LogP contribution >= 0.6 is 0 Å². The minimum atomic E-state index is -1.76. The van der Waals surface area contributed by atoms with Gasteiger partial charge in [0.15, 0.2) is 30.2 Å². The maximum atomic E-state index is 12.5. The monoisotopic (exact) mass is 650 g/mol. The van der Waals surface area contributed by atoms with Gasteiger partial charge in [-0.05, 0) is 54.8 Å². The van der Waals surface area contributed by atoms with Crippen LogP contribution in [0.2, 0.25) is 0 Å². The van der Waals surface area contributed by atoms with Crippen LogP contribution in [0.5, 0.6) is 17.2 Å². The van der Waals surface area contributed by atoms with E-state index < -0.39 is 80.0 Å². The summed E-state index contributed by atoms with van der Waals surface area (Å²) in [6.07, 6.45) is -12.1. The van der Waals surface area contributed by atoms with Crippen molar-refractivity contribution in [3.8, 4) is 17.2 Å². The van der Waals surface area contributed by atoms with Crippen LogP contribution in [0.25, 0.3) is 6.08 Å². The lowest BCUT2D eigenvalue weighted by atomic mass is 9.97. The van der Waals surface area contributed by atoms with E-state index in [0.29, 0.717) is 11.1 Å². The van der Waals surface area contributed by atoms with Crippen molar-refractivity contribution >= 4 is 18.0 Å². The SMILES string of the molecule is CC(=O)O[C@H]1[C@H](OCCc2ccc(O)c(O)c2)O[C@H](COC(=O)/C=C/c2ccc(O)cc2)[C@@H](O)[C@@H]1O[C@@H]1O[C@@H](C)[C@H](O)[C@@H](O)[C@H]1O. The standard InChI is InChI=1S/C31H38O15/c1-15-24(37)26(39)27(40)30(43-15)46-28-25(38)22(14-42-23(36)10-6-17-3-7-19(33)8-4-17)45-31(29(28)44-16(2)32)41-12-11-18-5-9-20(34)21(35)13-18/h3-10,13,15,22,24-31,33-35,37-40H,11-12,14H2,1-2H3/b10-6+/t15-,22+,24-,25+,26+,27+,28-,29+,30-,31+/m0/s1. The molecule has 0 spiro atoms. The Hall–Kier alpha value is -3.80. The lowest BCUT2D eigenvalue weighted by Crippen LogP contribution is -2.65. The van der Waals surface area contributed by atoms with Crippen LogP contribution in [0.3, 0.4) is 0 Å². The molecule has 15 nitrogen and oxygen atoms in total. The minimum Gasteiger partial charge on any atom is -0.508 e. The lowest BCUT2D eigenvalue weighted by molar-refractivity contribution is -0.357. The van der Waals surface area contributed by atoms with Crippen molar-refractivity contribution in [3.05, 3.63) is 59.7 Å². The van der Waals surface area contributed by atoms with Crippen molar-refractivity contribution in [2.75, 3.05) is 13.2 Å². The van der Waals surface area contributed by atoms with Crippen LogP contribution in [0.4, 0.5) is 0 Å². The second-order valence-corrected chi connectivity index (χ2v) is 10.9. The number of carbonyl (C=O) groups is 2. The average Bonchev–Trinajstić information content (AvgIpc) is 3.01. The maximum Gasteiger partial charge on any atom is 0.330 e. The highest BCUT2D eigenvalue weighted by molar-refractivity contribution is 5.87. The third kappa shape index (κ3) is 8.92. The van der Waals surface area contributed by atoms with Gasteiger partial charge in [0, 0.05) is 13.0 Å². The average molecular weight is 651 g/mol. The number of benzene rings is 2. The summed E-state index contributed by atoms with van der Waals surface area (Å²) in [7, 11) is 0. The molecule has 2 aliphatic heterocycles. The molecule has 0 radical (unpaired) electrons. The van der Waals surface area contributed by atoms with E-state index in [1.54, 1.807) is 18.2 Å². The number of phenolic OH excluding ortho intramolecular Hbond substituents is 3. The number of hydrogen-bond donors (Lipinski definition) is 7. The number of ether oxygens (including phenoxy) is 6. The van der Waals surface area contributed by atoms with Gasteiger partial charge in [0.05, 0.1) is 12.7 Å². The normalized spacial score (nSPS) is 31.4. The second-order valence-electron chi connectivity index (χ2n) is 10.9. The smallest absolute Gasteiger partial charge is 0.330 e. The minimum absolute atomic E-state index is 0.0521. The number of rotatable bonds is 11. The van der Waals surface area contributed by atoms with Crippen LogP contribution in [-0.4, -0.2) is 122 Å². The molecular weight excluding hydrogens is 612 g/mol. The van der Waals surface area contributed by atoms with Crippen LogP contribution in [-0.2, 0) is 44.4 Å². The Balaban J connectivity index is 1.52. The third-order valence-corrected chi connectivity index (χ3v) is 7.43. The molecule has 0 amide bonds. The molecule has 2 aromatic rings. The third-order valence-electron chi connectivity index (χ3n) is 7.43. The van der Waals surface area contributed by atoms with Gasteiger partial charge in [0.2, 0.25) is 0 Å². The first kappa shape index (κ1) is 35.1. The molecule has 0 saturated carbocycles. The lowest BCUT2D eigenvalue weighted by Gasteiger charge is -2.46. The highest BCUT2D eigenvalue weighted by atomic mass is 16.7. The van der Waals surface area contributed by atoms with Gasteiger partial charge in [0.1, 0.15) is 49.0 Å². The Kier molecular flexibility index (Phi) is 11.9. The van der Waals surface area contributed by atoms with Gasteiger partial charge >= 0.3 is 11.9 Å². The number of hydrogen-bond acceptors (Lipinski definition) is 15. The topological polar surface area (TPSA) is 231 Å². The Labute approximate surface area is 263 Å². The Morgan fingerprint density at radius 1 is 0.848 bits per heavy atom. The molecule has 252 valence electrons. The van der Waals surface area contributed by atoms with Crippen LogP contribution in [0.1, 0.15) is 25.0 Å². The van der Waals surface area contributed by atoms with Crippen molar-refractivity contribution < 1.29 is 73.8 Å². The molecule has 15 heteroatoms. The molecule has 2 heterocycles. The molecule has 0 aromatic heterocycles. The molecule has 7 N–H and O–H groups in total. The predicted octanol–water partition coefficient (Wildman–Crippen LogP) is -0.151. The van der Waals surface area contributed by atoms with Crippen molar-refractivity contribution in [2.45, 2.75) is 81.7 Å². The van der Waals surface area contributed by atoms with Gasteiger partial charge in [-0.1, -0.05) is 18.2 Å². The van der Waals surface area contributed by atoms with Crippen molar-refractivity contribution in [1.82, 2.24) is 0 Å². The molecule has 2 saturated heterocycles. The number of aromatic hydroxyl groups is 3. The zero-order chi connectivity index (χ0) is 33.5. The zero-order valence-corrected chi connectivity index (χ0v) is 25.0. The van der Waals surface area contributed by atoms with E-state index in [9.17, 15) is 45.3 Å². The van der Waals surface area contributed by atoms with Gasteiger partial charge < -0.3 is 64.2 Å². The van der Waals surface area contributed by atoms with Gasteiger partial charge in [-0.25, -0.2) is 4.79 Å². The zero-order valence-electron chi connectivity index (χ0n) is 25.0. The van der Waals surface area contributed by atoms with Gasteiger partial charge in [-0.2, -0.15) is 0 Å². The Morgan fingerprint density at radius 3 is 2.24 bits per heavy atom. The highest BCUT2D eigenvalue weighted by Crippen LogP contribution is 2.32.